The van der Waals surface area contributed by atoms with Crippen molar-refractivity contribution in [2.75, 3.05) is 19.0 Å². The molecule has 0 aliphatic carbocycles. The summed E-state index contributed by atoms with van der Waals surface area (Å²) in [5, 5.41) is 3.19. The molecule has 0 fully saturated rings. The Bertz CT molecular complexity index is 670. The standard InChI is InChI=1S/C16H14ClNO4/c1-21-15(19)10-22-12-8-6-11(7-9-12)16(20)18-14-5-3-2-4-13(14)17/h2-9H,10H2,1H3,(H,18,20). The number of hydrogen-bond donors (Lipinski definition) is 1. The fourth-order valence-electron chi connectivity index (χ4n) is 1.66. The Labute approximate surface area is 132 Å². The highest BCUT2D eigenvalue weighted by Gasteiger charge is 2.09. The highest BCUT2D eigenvalue weighted by molar-refractivity contribution is 6.33. The second-order valence-electron chi connectivity index (χ2n) is 4.32. The van der Waals surface area contributed by atoms with E-state index in [9.17, 15) is 9.59 Å². The second-order valence-corrected chi connectivity index (χ2v) is 4.73. The molecule has 0 spiro atoms. The maximum atomic E-state index is 12.1. The van der Waals surface area contributed by atoms with Crippen molar-refractivity contribution in [3.8, 4) is 5.75 Å². The number of rotatable bonds is 5. The van der Waals surface area contributed by atoms with Gasteiger partial charge in [0.15, 0.2) is 6.61 Å². The van der Waals surface area contributed by atoms with Gasteiger partial charge in [-0.15, -0.1) is 0 Å². The summed E-state index contributed by atoms with van der Waals surface area (Å²) in [6.07, 6.45) is 0. The Hall–Kier alpha value is -2.53. The Morgan fingerprint density at radius 3 is 2.41 bits per heavy atom. The zero-order valence-corrected chi connectivity index (χ0v) is 12.6. The number of carbonyl (C=O) groups is 2. The molecule has 2 aromatic rings. The average Bonchev–Trinajstić information content (AvgIpc) is 2.55. The first-order valence-corrected chi connectivity index (χ1v) is 6.83. The summed E-state index contributed by atoms with van der Waals surface area (Å²) >= 11 is 5.99. The van der Waals surface area contributed by atoms with Gasteiger partial charge < -0.3 is 14.8 Å². The highest BCUT2D eigenvalue weighted by atomic mass is 35.5. The topological polar surface area (TPSA) is 64.6 Å². The van der Waals surface area contributed by atoms with Crippen LogP contribution in [0.2, 0.25) is 5.02 Å². The van der Waals surface area contributed by atoms with Crippen LogP contribution in [0.1, 0.15) is 10.4 Å². The molecule has 22 heavy (non-hydrogen) atoms. The lowest BCUT2D eigenvalue weighted by Gasteiger charge is -2.08. The fourth-order valence-corrected chi connectivity index (χ4v) is 1.84. The molecule has 0 aromatic heterocycles. The minimum Gasteiger partial charge on any atom is -0.482 e. The molecule has 0 bridgehead atoms. The summed E-state index contributed by atoms with van der Waals surface area (Å²) in [6.45, 7) is -0.179. The molecule has 114 valence electrons. The SMILES string of the molecule is COC(=O)COc1ccc(C(=O)Nc2ccccc2Cl)cc1. The predicted octanol–water partition coefficient (Wildman–Crippen LogP) is 3.14. The van der Waals surface area contributed by atoms with Crippen LogP contribution in [0.15, 0.2) is 48.5 Å². The van der Waals surface area contributed by atoms with Crippen LogP contribution >= 0.6 is 11.6 Å². The van der Waals surface area contributed by atoms with Crippen molar-refractivity contribution < 1.29 is 19.1 Å². The van der Waals surface area contributed by atoms with Crippen LogP contribution in [-0.4, -0.2) is 25.6 Å². The molecule has 0 heterocycles. The van der Waals surface area contributed by atoms with Gasteiger partial charge in [-0.05, 0) is 36.4 Å². The number of benzene rings is 2. The number of ether oxygens (including phenoxy) is 2. The molecule has 2 rings (SSSR count). The van der Waals surface area contributed by atoms with Gasteiger partial charge in [0, 0.05) is 5.56 Å². The van der Waals surface area contributed by atoms with Crippen molar-refractivity contribution in [2.45, 2.75) is 0 Å². The van der Waals surface area contributed by atoms with Crippen LogP contribution < -0.4 is 10.1 Å². The molecular formula is C16H14ClNO4. The third-order valence-corrected chi connectivity index (χ3v) is 3.15. The third-order valence-electron chi connectivity index (χ3n) is 2.82. The van der Waals surface area contributed by atoms with E-state index in [4.69, 9.17) is 16.3 Å². The van der Waals surface area contributed by atoms with Crippen LogP contribution in [0.3, 0.4) is 0 Å². The number of hydrogen-bond acceptors (Lipinski definition) is 4. The second kappa shape index (κ2) is 7.47. The van der Waals surface area contributed by atoms with E-state index in [1.807, 2.05) is 0 Å². The van der Waals surface area contributed by atoms with Gasteiger partial charge in [-0.2, -0.15) is 0 Å². The Morgan fingerprint density at radius 2 is 1.77 bits per heavy atom. The molecule has 1 N–H and O–H groups in total. The number of anilines is 1. The Morgan fingerprint density at radius 1 is 1.09 bits per heavy atom. The fraction of sp³-hybridized carbons (Fsp3) is 0.125. The molecule has 0 aliphatic heterocycles. The van der Waals surface area contributed by atoms with E-state index in [-0.39, 0.29) is 12.5 Å². The lowest BCUT2D eigenvalue weighted by Crippen LogP contribution is -2.13. The quantitative estimate of drug-likeness (QED) is 0.860. The van der Waals surface area contributed by atoms with E-state index in [1.54, 1.807) is 48.5 Å². The number of nitrogens with one attached hydrogen (secondary N) is 1. The normalized spacial score (nSPS) is 9.91. The average molecular weight is 320 g/mol. The van der Waals surface area contributed by atoms with Crippen molar-refractivity contribution in [3.63, 3.8) is 0 Å². The molecule has 2 aromatic carbocycles. The van der Waals surface area contributed by atoms with Gasteiger partial charge in [-0.3, -0.25) is 4.79 Å². The van der Waals surface area contributed by atoms with Crippen LogP contribution in [0, 0.1) is 0 Å². The summed E-state index contributed by atoms with van der Waals surface area (Å²) in [4.78, 5) is 23.1. The van der Waals surface area contributed by atoms with Gasteiger partial charge in [-0.1, -0.05) is 23.7 Å². The maximum absolute atomic E-state index is 12.1. The summed E-state index contributed by atoms with van der Waals surface area (Å²) in [5.41, 5.74) is 0.991. The first-order chi connectivity index (χ1) is 10.6. The van der Waals surface area contributed by atoms with Crippen molar-refractivity contribution in [1.82, 2.24) is 0 Å². The van der Waals surface area contributed by atoms with Crippen molar-refractivity contribution >= 4 is 29.2 Å². The van der Waals surface area contributed by atoms with Crippen LogP contribution in [0.4, 0.5) is 5.69 Å². The number of amides is 1. The molecule has 1 amide bonds. The van der Waals surface area contributed by atoms with Gasteiger partial charge in [-0.25, -0.2) is 4.79 Å². The molecule has 5 nitrogen and oxygen atoms in total. The maximum Gasteiger partial charge on any atom is 0.343 e. The molecule has 0 saturated carbocycles. The van der Waals surface area contributed by atoms with E-state index in [0.29, 0.717) is 22.0 Å². The Kier molecular flexibility index (Phi) is 5.38. The van der Waals surface area contributed by atoms with E-state index in [1.165, 1.54) is 7.11 Å². The lowest BCUT2D eigenvalue weighted by atomic mass is 10.2. The number of carbonyl (C=O) groups excluding carboxylic acids is 2. The number of esters is 1. The Balaban J connectivity index is 1.99. The van der Waals surface area contributed by atoms with Gasteiger partial charge in [0.2, 0.25) is 0 Å². The molecule has 0 atom stereocenters. The largest absolute Gasteiger partial charge is 0.482 e. The number of para-hydroxylation sites is 1. The van der Waals surface area contributed by atoms with Crippen molar-refractivity contribution in [3.05, 3.63) is 59.1 Å². The van der Waals surface area contributed by atoms with Gasteiger partial charge >= 0.3 is 5.97 Å². The minimum absolute atomic E-state index is 0.179. The predicted molar refractivity (Wildman–Crippen MR) is 83.4 cm³/mol. The van der Waals surface area contributed by atoms with Crippen molar-refractivity contribution in [2.24, 2.45) is 0 Å². The monoisotopic (exact) mass is 319 g/mol. The third kappa shape index (κ3) is 4.23. The van der Waals surface area contributed by atoms with Gasteiger partial charge in [0.05, 0.1) is 17.8 Å². The van der Waals surface area contributed by atoms with Crippen molar-refractivity contribution in [1.29, 1.82) is 0 Å². The molecular weight excluding hydrogens is 306 g/mol. The number of methoxy groups -OCH3 is 1. The number of halogens is 1. The van der Waals surface area contributed by atoms with Gasteiger partial charge in [0.1, 0.15) is 5.75 Å². The first-order valence-electron chi connectivity index (χ1n) is 6.45. The smallest absolute Gasteiger partial charge is 0.343 e. The summed E-state index contributed by atoms with van der Waals surface area (Å²) in [5.74, 6) is -0.284. The van der Waals surface area contributed by atoms with Crippen LogP contribution in [0.25, 0.3) is 0 Å². The first kappa shape index (κ1) is 15.9. The summed E-state index contributed by atoms with van der Waals surface area (Å²) in [6, 6.07) is 13.4. The van der Waals surface area contributed by atoms with E-state index >= 15 is 0 Å². The zero-order chi connectivity index (χ0) is 15.9. The molecule has 0 radical (unpaired) electrons. The van der Waals surface area contributed by atoms with Crippen LogP contribution in [-0.2, 0) is 9.53 Å². The summed E-state index contributed by atoms with van der Waals surface area (Å²) in [7, 11) is 1.29. The lowest BCUT2D eigenvalue weighted by molar-refractivity contribution is -0.142. The summed E-state index contributed by atoms with van der Waals surface area (Å²) < 4.78 is 9.67. The highest BCUT2D eigenvalue weighted by Crippen LogP contribution is 2.21. The molecule has 0 aliphatic rings. The molecule has 0 saturated heterocycles. The minimum atomic E-state index is -0.472. The van der Waals surface area contributed by atoms with Gasteiger partial charge in [0.25, 0.3) is 5.91 Å². The zero-order valence-electron chi connectivity index (χ0n) is 11.8. The molecule has 0 unspecified atom stereocenters. The van der Waals surface area contributed by atoms with E-state index in [0.717, 1.165) is 0 Å². The van der Waals surface area contributed by atoms with Crippen LogP contribution in [0.5, 0.6) is 5.75 Å². The molecule has 6 heteroatoms. The van der Waals surface area contributed by atoms with E-state index in [2.05, 4.69) is 10.1 Å². The van der Waals surface area contributed by atoms with E-state index < -0.39 is 5.97 Å².